The molecule has 0 N–H and O–H groups in total. The van der Waals surface area contributed by atoms with Crippen LogP contribution < -0.4 is 4.74 Å². The highest BCUT2D eigenvalue weighted by molar-refractivity contribution is 7.98. The zero-order valence-electron chi connectivity index (χ0n) is 10.6. The molecule has 0 saturated heterocycles. The summed E-state index contributed by atoms with van der Waals surface area (Å²) in [7, 11) is 3.69. The van der Waals surface area contributed by atoms with Crippen molar-refractivity contribution in [3.63, 3.8) is 0 Å². The first-order chi connectivity index (χ1) is 8.21. The average molecular weight is 250 g/mol. The molecule has 0 aromatic heterocycles. The van der Waals surface area contributed by atoms with Gasteiger partial charge in [-0.3, -0.25) is 0 Å². The predicted octanol–water partition coefficient (Wildman–Crippen LogP) is 2.36. The van der Waals surface area contributed by atoms with E-state index >= 15 is 0 Å². The Balaban J connectivity index is 2.69. The van der Waals surface area contributed by atoms with Crippen LogP contribution in [0, 0.1) is 11.3 Å². The van der Waals surface area contributed by atoms with E-state index in [0.29, 0.717) is 11.3 Å². The average Bonchev–Trinajstić information content (AvgIpc) is 2.36. The Kier molecular flexibility index (Phi) is 5.88. The summed E-state index contributed by atoms with van der Waals surface area (Å²) in [6, 6.07) is 7.86. The van der Waals surface area contributed by atoms with Crippen LogP contribution in [0.5, 0.6) is 5.75 Å². The van der Waals surface area contributed by atoms with Gasteiger partial charge >= 0.3 is 0 Å². The zero-order chi connectivity index (χ0) is 12.7. The third-order valence-corrected chi connectivity index (χ3v) is 3.11. The summed E-state index contributed by atoms with van der Waals surface area (Å²) in [5.74, 6) is 1.78. The van der Waals surface area contributed by atoms with E-state index in [1.165, 1.54) is 5.56 Å². The molecule has 0 saturated carbocycles. The van der Waals surface area contributed by atoms with Crippen LogP contribution in [0.2, 0.25) is 0 Å². The number of hydrogen-bond donors (Lipinski definition) is 0. The van der Waals surface area contributed by atoms with Gasteiger partial charge < -0.3 is 9.64 Å². The number of benzene rings is 1. The van der Waals surface area contributed by atoms with Crippen molar-refractivity contribution in [2.75, 3.05) is 32.7 Å². The molecule has 0 radical (unpaired) electrons. The van der Waals surface area contributed by atoms with E-state index in [0.717, 1.165) is 18.8 Å². The van der Waals surface area contributed by atoms with E-state index < -0.39 is 0 Å². The maximum Gasteiger partial charge on any atom is 0.136 e. The summed E-state index contributed by atoms with van der Waals surface area (Å²) in [5, 5.41) is 8.90. The molecule has 1 rings (SSSR count). The topological polar surface area (TPSA) is 36.3 Å². The van der Waals surface area contributed by atoms with Gasteiger partial charge in [-0.25, -0.2) is 0 Å². The molecule has 1 aromatic rings. The van der Waals surface area contributed by atoms with Gasteiger partial charge in [0, 0.05) is 18.8 Å². The number of nitrogens with zero attached hydrogens (tertiary/aromatic N) is 2. The minimum absolute atomic E-state index is 0.586. The third kappa shape index (κ3) is 4.29. The van der Waals surface area contributed by atoms with E-state index in [4.69, 9.17) is 10.00 Å². The fourth-order valence-corrected chi connectivity index (χ4v) is 2.06. The monoisotopic (exact) mass is 250 g/mol. The zero-order valence-corrected chi connectivity index (χ0v) is 11.4. The number of nitriles is 1. The highest BCUT2D eigenvalue weighted by atomic mass is 32.2. The molecule has 0 heterocycles. The summed E-state index contributed by atoms with van der Waals surface area (Å²) in [5.41, 5.74) is 1.76. The minimum atomic E-state index is 0.586. The molecule has 0 aliphatic rings. The van der Waals surface area contributed by atoms with Crippen LogP contribution in [0.4, 0.5) is 0 Å². The Morgan fingerprint density at radius 3 is 2.82 bits per heavy atom. The minimum Gasteiger partial charge on any atom is -0.495 e. The molecule has 0 bridgehead atoms. The molecule has 0 unspecified atom stereocenters. The van der Waals surface area contributed by atoms with Gasteiger partial charge in [0.1, 0.15) is 11.8 Å². The molecule has 0 spiro atoms. The van der Waals surface area contributed by atoms with Crippen molar-refractivity contribution in [1.29, 1.82) is 5.26 Å². The lowest BCUT2D eigenvalue weighted by Gasteiger charge is -2.16. The first-order valence-electron chi connectivity index (χ1n) is 5.45. The summed E-state index contributed by atoms with van der Waals surface area (Å²) >= 11 is 1.84. The lowest BCUT2D eigenvalue weighted by molar-refractivity contribution is 0.347. The Labute approximate surface area is 107 Å². The molecule has 4 heteroatoms. The Bertz CT molecular complexity index is 401. The fourth-order valence-electron chi connectivity index (χ4n) is 1.56. The van der Waals surface area contributed by atoms with Gasteiger partial charge in [0.2, 0.25) is 0 Å². The molecular formula is C13H18N2OS. The van der Waals surface area contributed by atoms with Crippen LogP contribution in [0.3, 0.4) is 0 Å². The largest absolute Gasteiger partial charge is 0.495 e. The van der Waals surface area contributed by atoms with Crippen LogP contribution in [0.25, 0.3) is 0 Å². The van der Waals surface area contributed by atoms with Gasteiger partial charge in [0.25, 0.3) is 0 Å². The molecule has 0 atom stereocenters. The third-order valence-electron chi connectivity index (χ3n) is 2.52. The standard InChI is InChI=1S/C13H18N2OS/c1-15(6-7-17-3)10-11-4-5-12(9-14)13(8-11)16-2/h4-5,8H,6-7,10H2,1-3H3. The van der Waals surface area contributed by atoms with Crippen LogP contribution in [-0.2, 0) is 6.54 Å². The van der Waals surface area contributed by atoms with E-state index in [1.54, 1.807) is 7.11 Å². The predicted molar refractivity (Wildman–Crippen MR) is 72.4 cm³/mol. The molecule has 92 valence electrons. The number of hydrogen-bond acceptors (Lipinski definition) is 4. The van der Waals surface area contributed by atoms with Gasteiger partial charge in [-0.15, -0.1) is 0 Å². The number of rotatable bonds is 6. The molecule has 1 aromatic carbocycles. The quantitative estimate of drug-likeness (QED) is 0.776. The normalized spacial score (nSPS) is 10.3. The van der Waals surface area contributed by atoms with Crippen molar-refractivity contribution in [2.24, 2.45) is 0 Å². The molecule has 0 aliphatic heterocycles. The van der Waals surface area contributed by atoms with E-state index in [9.17, 15) is 0 Å². The molecule has 0 amide bonds. The summed E-state index contributed by atoms with van der Waals surface area (Å²) in [6.07, 6.45) is 2.11. The summed E-state index contributed by atoms with van der Waals surface area (Å²) in [6.45, 7) is 1.94. The maximum absolute atomic E-state index is 8.90. The van der Waals surface area contributed by atoms with Crippen molar-refractivity contribution in [3.05, 3.63) is 29.3 Å². The van der Waals surface area contributed by atoms with Crippen molar-refractivity contribution >= 4 is 11.8 Å². The van der Waals surface area contributed by atoms with Crippen molar-refractivity contribution in [1.82, 2.24) is 4.90 Å². The molecule has 17 heavy (non-hydrogen) atoms. The van der Waals surface area contributed by atoms with Gasteiger partial charge in [0.15, 0.2) is 0 Å². The summed E-state index contributed by atoms with van der Waals surface area (Å²) in [4.78, 5) is 2.26. The van der Waals surface area contributed by atoms with Crippen molar-refractivity contribution in [2.45, 2.75) is 6.54 Å². The number of methoxy groups -OCH3 is 1. The SMILES string of the molecule is COc1cc(CN(C)CCSC)ccc1C#N. The molecular weight excluding hydrogens is 232 g/mol. The Morgan fingerprint density at radius 2 is 2.24 bits per heavy atom. The van der Waals surface area contributed by atoms with Gasteiger partial charge in [-0.1, -0.05) is 6.07 Å². The van der Waals surface area contributed by atoms with Gasteiger partial charge in [-0.2, -0.15) is 17.0 Å². The van der Waals surface area contributed by atoms with E-state index in [2.05, 4.69) is 24.3 Å². The Morgan fingerprint density at radius 1 is 1.47 bits per heavy atom. The molecule has 0 aliphatic carbocycles. The summed E-state index contributed by atoms with van der Waals surface area (Å²) < 4.78 is 5.19. The highest BCUT2D eigenvalue weighted by Crippen LogP contribution is 2.19. The van der Waals surface area contributed by atoms with E-state index in [1.807, 2.05) is 30.0 Å². The van der Waals surface area contributed by atoms with Crippen LogP contribution >= 0.6 is 11.8 Å². The lowest BCUT2D eigenvalue weighted by Crippen LogP contribution is -2.20. The first-order valence-corrected chi connectivity index (χ1v) is 6.85. The second-order valence-electron chi connectivity index (χ2n) is 3.88. The number of thioether (sulfide) groups is 1. The van der Waals surface area contributed by atoms with Crippen LogP contribution in [-0.4, -0.2) is 37.6 Å². The lowest BCUT2D eigenvalue weighted by atomic mass is 10.1. The van der Waals surface area contributed by atoms with Crippen molar-refractivity contribution in [3.8, 4) is 11.8 Å². The van der Waals surface area contributed by atoms with Crippen LogP contribution in [0.15, 0.2) is 18.2 Å². The fraction of sp³-hybridized carbons (Fsp3) is 0.462. The smallest absolute Gasteiger partial charge is 0.136 e. The second-order valence-corrected chi connectivity index (χ2v) is 4.86. The maximum atomic E-state index is 8.90. The van der Waals surface area contributed by atoms with Crippen molar-refractivity contribution < 1.29 is 4.74 Å². The number of ether oxygens (including phenoxy) is 1. The molecule has 0 fully saturated rings. The first kappa shape index (κ1) is 13.9. The highest BCUT2D eigenvalue weighted by Gasteiger charge is 2.05. The Hall–Kier alpha value is -1.18. The van der Waals surface area contributed by atoms with Gasteiger partial charge in [-0.05, 0) is 31.0 Å². The second kappa shape index (κ2) is 7.21. The van der Waals surface area contributed by atoms with E-state index in [-0.39, 0.29) is 0 Å². The van der Waals surface area contributed by atoms with Crippen LogP contribution in [0.1, 0.15) is 11.1 Å². The molecule has 3 nitrogen and oxygen atoms in total. The van der Waals surface area contributed by atoms with Gasteiger partial charge in [0.05, 0.1) is 12.7 Å².